The second-order valence-corrected chi connectivity index (χ2v) is 11.9. The molecule has 0 heterocycles. The van der Waals surface area contributed by atoms with Gasteiger partial charge in [0.05, 0.1) is 6.10 Å². The molecule has 1 N–H and O–H groups in total. The molecule has 7 unspecified atom stereocenters. The SMILES string of the molecule is CC(C)CCCCC1CCC2C3CC=C4CC(OS)CCC4(C)C3CCC12C.CO. The van der Waals surface area contributed by atoms with E-state index in [2.05, 4.69) is 46.7 Å². The summed E-state index contributed by atoms with van der Waals surface area (Å²) in [5, 5.41) is 7.00. The minimum atomic E-state index is 0.342. The molecule has 0 amide bonds. The topological polar surface area (TPSA) is 29.5 Å². The van der Waals surface area contributed by atoms with Gasteiger partial charge in [-0.3, -0.25) is 0 Å². The number of thiol groups is 1. The number of fused-ring (bicyclic) bond motifs is 5. The van der Waals surface area contributed by atoms with Crippen molar-refractivity contribution >= 4 is 12.9 Å². The Kier molecular flexibility index (Phi) is 8.46. The maximum Gasteiger partial charge on any atom is 0.0756 e. The number of allylic oxidation sites excluding steroid dienone is 1. The van der Waals surface area contributed by atoms with Crippen LogP contribution in [0.25, 0.3) is 0 Å². The Morgan fingerprint density at radius 2 is 1.83 bits per heavy atom. The quantitative estimate of drug-likeness (QED) is 0.194. The van der Waals surface area contributed by atoms with Gasteiger partial charge in [0, 0.05) is 7.11 Å². The Balaban J connectivity index is 0.00000124. The van der Waals surface area contributed by atoms with Crippen molar-refractivity contribution in [1.82, 2.24) is 0 Å². The molecule has 0 aromatic carbocycles. The third kappa shape index (κ3) is 4.55. The van der Waals surface area contributed by atoms with Gasteiger partial charge in [-0.15, -0.1) is 0 Å². The highest BCUT2D eigenvalue weighted by atomic mass is 32.1. The summed E-state index contributed by atoms with van der Waals surface area (Å²) < 4.78 is 5.44. The van der Waals surface area contributed by atoms with E-state index in [0.29, 0.717) is 16.9 Å². The summed E-state index contributed by atoms with van der Waals surface area (Å²) in [5.74, 6) is 4.72. The van der Waals surface area contributed by atoms with Gasteiger partial charge in [0.25, 0.3) is 0 Å². The van der Waals surface area contributed by atoms with Crippen LogP contribution in [0, 0.1) is 40.4 Å². The highest BCUT2D eigenvalue weighted by molar-refractivity contribution is 7.75. The zero-order valence-corrected chi connectivity index (χ0v) is 21.2. The Morgan fingerprint density at radius 1 is 1.07 bits per heavy atom. The summed E-state index contributed by atoms with van der Waals surface area (Å²) in [5.41, 5.74) is 2.79. The number of unbranched alkanes of at least 4 members (excludes halogenated alkanes) is 1. The summed E-state index contributed by atoms with van der Waals surface area (Å²) in [6.45, 7) is 10.0. The summed E-state index contributed by atoms with van der Waals surface area (Å²) in [6, 6.07) is 0. The predicted octanol–water partition coefficient (Wildman–Crippen LogP) is 7.62. The second kappa shape index (κ2) is 10.3. The molecule has 174 valence electrons. The van der Waals surface area contributed by atoms with Crippen LogP contribution in [0.3, 0.4) is 0 Å². The Bertz CT molecular complexity index is 587. The average molecular weight is 437 g/mol. The van der Waals surface area contributed by atoms with E-state index in [1.54, 1.807) is 5.57 Å². The molecule has 3 saturated carbocycles. The van der Waals surface area contributed by atoms with Gasteiger partial charge in [-0.2, -0.15) is 0 Å². The molecule has 0 spiro atoms. The number of hydrogen-bond donors (Lipinski definition) is 2. The lowest BCUT2D eigenvalue weighted by atomic mass is 9.47. The van der Waals surface area contributed by atoms with E-state index >= 15 is 0 Å². The monoisotopic (exact) mass is 436 g/mol. The van der Waals surface area contributed by atoms with Crippen LogP contribution in [0.1, 0.15) is 105 Å². The van der Waals surface area contributed by atoms with Crippen LogP contribution in [0.4, 0.5) is 0 Å². The molecule has 4 aliphatic carbocycles. The lowest BCUT2D eigenvalue weighted by molar-refractivity contribution is -0.0483. The van der Waals surface area contributed by atoms with Crippen molar-refractivity contribution in [2.45, 2.75) is 111 Å². The van der Waals surface area contributed by atoms with Crippen molar-refractivity contribution in [3.8, 4) is 0 Å². The Hall–Kier alpha value is 0.01000. The van der Waals surface area contributed by atoms with E-state index < -0.39 is 0 Å². The lowest BCUT2D eigenvalue weighted by Crippen LogP contribution is -2.50. The third-order valence-corrected chi connectivity index (χ3v) is 10.3. The van der Waals surface area contributed by atoms with Crippen molar-refractivity contribution in [2.75, 3.05) is 7.11 Å². The molecule has 3 fully saturated rings. The van der Waals surface area contributed by atoms with Gasteiger partial charge < -0.3 is 9.29 Å². The molecular formula is C27H48O2S. The van der Waals surface area contributed by atoms with Gasteiger partial charge in [-0.05, 0) is 111 Å². The summed E-state index contributed by atoms with van der Waals surface area (Å²) >= 11 is 4.13. The zero-order valence-electron chi connectivity index (χ0n) is 20.3. The van der Waals surface area contributed by atoms with Crippen LogP contribution >= 0.6 is 12.9 Å². The molecule has 3 heteroatoms. The second-order valence-electron chi connectivity index (χ2n) is 11.7. The van der Waals surface area contributed by atoms with Crippen molar-refractivity contribution in [1.29, 1.82) is 0 Å². The molecule has 30 heavy (non-hydrogen) atoms. The van der Waals surface area contributed by atoms with E-state index in [0.717, 1.165) is 43.1 Å². The number of rotatable bonds is 6. The predicted molar refractivity (Wildman–Crippen MR) is 131 cm³/mol. The first-order valence-electron chi connectivity index (χ1n) is 12.8. The summed E-state index contributed by atoms with van der Waals surface area (Å²) in [7, 11) is 1.00. The molecule has 4 rings (SSSR count). The van der Waals surface area contributed by atoms with Gasteiger partial charge >= 0.3 is 0 Å². The fraction of sp³-hybridized carbons (Fsp3) is 0.926. The molecule has 7 atom stereocenters. The Morgan fingerprint density at radius 3 is 2.53 bits per heavy atom. The number of aliphatic hydroxyl groups excluding tert-OH is 1. The van der Waals surface area contributed by atoms with E-state index in [9.17, 15) is 0 Å². The average Bonchev–Trinajstić information content (AvgIpc) is 3.08. The first-order chi connectivity index (χ1) is 14.4. The largest absolute Gasteiger partial charge is 0.400 e. The van der Waals surface area contributed by atoms with Crippen LogP contribution < -0.4 is 0 Å². The van der Waals surface area contributed by atoms with Crippen LogP contribution in [0.5, 0.6) is 0 Å². The fourth-order valence-electron chi connectivity index (χ4n) is 8.24. The number of aliphatic hydroxyl groups is 1. The van der Waals surface area contributed by atoms with E-state index in [1.807, 2.05) is 0 Å². The first-order valence-corrected chi connectivity index (χ1v) is 13.2. The highest BCUT2D eigenvalue weighted by Gasteiger charge is 2.58. The molecule has 0 bridgehead atoms. The molecule has 2 nitrogen and oxygen atoms in total. The van der Waals surface area contributed by atoms with Gasteiger partial charge in [-0.1, -0.05) is 58.6 Å². The fourth-order valence-corrected chi connectivity index (χ4v) is 8.42. The molecule has 0 radical (unpaired) electrons. The summed E-state index contributed by atoms with van der Waals surface area (Å²) in [6.07, 6.45) is 19.8. The van der Waals surface area contributed by atoms with E-state index in [-0.39, 0.29) is 0 Å². The molecule has 4 aliphatic rings. The zero-order chi connectivity index (χ0) is 21.9. The van der Waals surface area contributed by atoms with Gasteiger partial charge in [0.1, 0.15) is 0 Å². The minimum Gasteiger partial charge on any atom is -0.400 e. The summed E-state index contributed by atoms with van der Waals surface area (Å²) in [4.78, 5) is 0. The van der Waals surface area contributed by atoms with Crippen LogP contribution in [0.15, 0.2) is 11.6 Å². The molecular weight excluding hydrogens is 388 g/mol. The van der Waals surface area contributed by atoms with Crippen LogP contribution in [-0.2, 0) is 4.18 Å². The highest BCUT2D eigenvalue weighted by Crippen LogP contribution is 2.66. The van der Waals surface area contributed by atoms with E-state index in [1.165, 1.54) is 70.6 Å². The normalized spacial score (nSPS) is 42.5. The smallest absolute Gasteiger partial charge is 0.0756 e. The van der Waals surface area contributed by atoms with Gasteiger partial charge in [-0.25, -0.2) is 0 Å². The Labute approximate surface area is 192 Å². The maximum atomic E-state index is 7.00. The van der Waals surface area contributed by atoms with Crippen molar-refractivity contribution in [3.63, 3.8) is 0 Å². The van der Waals surface area contributed by atoms with Crippen molar-refractivity contribution < 1.29 is 9.29 Å². The molecule has 0 aromatic rings. The van der Waals surface area contributed by atoms with Crippen molar-refractivity contribution in [3.05, 3.63) is 11.6 Å². The van der Waals surface area contributed by atoms with Gasteiger partial charge in [0.2, 0.25) is 0 Å². The third-order valence-electron chi connectivity index (χ3n) is 9.99. The van der Waals surface area contributed by atoms with Crippen LogP contribution in [0.2, 0.25) is 0 Å². The maximum absolute atomic E-state index is 7.00. The lowest BCUT2D eigenvalue weighted by Gasteiger charge is -2.58. The van der Waals surface area contributed by atoms with E-state index in [4.69, 9.17) is 9.29 Å². The first kappa shape index (κ1) is 24.6. The molecule has 0 saturated heterocycles. The molecule has 0 aromatic heterocycles. The van der Waals surface area contributed by atoms with Gasteiger partial charge in [0.15, 0.2) is 0 Å². The number of hydrogen-bond acceptors (Lipinski definition) is 3. The minimum absolute atomic E-state index is 0.342. The molecule has 0 aliphatic heterocycles. The van der Waals surface area contributed by atoms with Crippen LogP contribution in [-0.4, -0.2) is 18.3 Å². The standard InChI is InChI=1S/C26H44OS.CH4O/c1-18(2)7-5-6-8-19-10-12-23-22-11-9-20-17-21(27-28)13-15-26(20,4)24(22)14-16-25(19,23)3;1-2/h9,18-19,21-24,28H,5-8,10-17H2,1-4H3;2H,1H3. The van der Waals surface area contributed by atoms with Crippen molar-refractivity contribution in [2.24, 2.45) is 40.4 Å².